The summed E-state index contributed by atoms with van der Waals surface area (Å²) in [7, 11) is 4.12. The molecule has 1 N–H and O–H groups in total. The minimum absolute atomic E-state index is 0.0226. The predicted molar refractivity (Wildman–Crippen MR) is 86.0 cm³/mol. The van der Waals surface area contributed by atoms with Gasteiger partial charge in [-0.15, -0.1) is 11.3 Å². The van der Waals surface area contributed by atoms with E-state index in [0.717, 1.165) is 20.6 Å². The molecule has 0 radical (unpaired) electrons. The van der Waals surface area contributed by atoms with Crippen LogP contribution in [-0.4, -0.2) is 37.5 Å². The number of hydrogen-bond donors (Lipinski definition) is 1. The monoisotopic (exact) mass is 346 g/mol. The normalized spacial score (nSPS) is 13.1. The van der Waals surface area contributed by atoms with Gasteiger partial charge in [-0.2, -0.15) is 0 Å². The van der Waals surface area contributed by atoms with Crippen LogP contribution < -0.4 is 5.32 Å². The maximum absolute atomic E-state index is 12.1. The van der Waals surface area contributed by atoms with Crippen LogP contribution in [0, 0.1) is 12.8 Å². The fraction of sp³-hybridized carbons (Fsp3) is 0.643. The van der Waals surface area contributed by atoms with Gasteiger partial charge in [0.2, 0.25) is 0 Å². The van der Waals surface area contributed by atoms with Crippen LogP contribution in [0.15, 0.2) is 9.85 Å². The van der Waals surface area contributed by atoms with Crippen molar-refractivity contribution in [1.29, 1.82) is 0 Å². The van der Waals surface area contributed by atoms with Gasteiger partial charge in [-0.05, 0) is 60.9 Å². The van der Waals surface area contributed by atoms with E-state index in [0.29, 0.717) is 18.5 Å². The second-order valence-corrected chi connectivity index (χ2v) is 7.89. The molecule has 0 bridgehead atoms. The second-order valence-electron chi connectivity index (χ2n) is 5.52. The van der Waals surface area contributed by atoms with Crippen molar-refractivity contribution in [2.45, 2.75) is 33.2 Å². The van der Waals surface area contributed by atoms with Crippen molar-refractivity contribution in [1.82, 2.24) is 10.2 Å². The van der Waals surface area contributed by atoms with Crippen LogP contribution in [0.3, 0.4) is 0 Å². The summed E-state index contributed by atoms with van der Waals surface area (Å²) in [5, 5.41) is 3.04. The maximum atomic E-state index is 12.1. The number of halogens is 1. The molecule has 1 atom stereocenters. The third-order valence-electron chi connectivity index (χ3n) is 3.05. The number of nitrogens with zero attached hydrogens (tertiary/aromatic N) is 1. The average Bonchev–Trinajstić information content (AvgIpc) is 2.64. The van der Waals surface area contributed by atoms with Gasteiger partial charge in [0.05, 0.1) is 8.66 Å². The lowest BCUT2D eigenvalue weighted by Gasteiger charge is -2.26. The zero-order valence-electron chi connectivity index (χ0n) is 12.3. The summed E-state index contributed by atoms with van der Waals surface area (Å²) in [5.41, 5.74) is 1.11. The molecule has 0 aromatic carbocycles. The van der Waals surface area contributed by atoms with E-state index in [9.17, 15) is 4.79 Å². The summed E-state index contributed by atoms with van der Waals surface area (Å²) < 4.78 is 1.03. The number of aryl methyl sites for hydroxylation is 1. The molecular weight excluding hydrogens is 324 g/mol. The quantitative estimate of drug-likeness (QED) is 0.854. The number of likely N-dealkylation sites (N-methyl/N-ethyl adjacent to an activating group) is 1. The lowest BCUT2D eigenvalue weighted by atomic mass is 10.0. The van der Waals surface area contributed by atoms with Crippen LogP contribution in [0.4, 0.5) is 0 Å². The topological polar surface area (TPSA) is 32.3 Å². The lowest BCUT2D eigenvalue weighted by molar-refractivity contribution is 0.0942. The molecule has 0 aliphatic rings. The summed E-state index contributed by atoms with van der Waals surface area (Å²) in [4.78, 5) is 15.0. The first-order valence-electron chi connectivity index (χ1n) is 6.51. The van der Waals surface area contributed by atoms with E-state index in [2.05, 4.69) is 54.1 Å². The van der Waals surface area contributed by atoms with Crippen LogP contribution in [0.2, 0.25) is 0 Å². The number of thiophene rings is 1. The standard InChI is InChI=1S/C14H23BrN2OS/c1-9(2)6-11(17(4)5)8-16-14(18)12-7-10(3)13(15)19-12/h7,9,11H,6,8H2,1-5H3,(H,16,18). The van der Waals surface area contributed by atoms with Crippen molar-refractivity contribution in [2.75, 3.05) is 20.6 Å². The highest BCUT2D eigenvalue weighted by Gasteiger charge is 2.16. The number of amides is 1. The molecule has 0 saturated carbocycles. The molecule has 19 heavy (non-hydrogen) atoms. The van der Waals surface area contributed by atoms with E-state index in [1.54, 1.807) is 0 Å². The van der Waals surface area contributed by atoms with E-state index >= 15 is 0 Å². The molecule has 1 aromatic rings. The Balaban J connectivity index is 2.56. The minimum atomic E-state index is 0.0226. The summed E-state index contributed by atoms with van der Waals surface area (Å²) in [6.07, 6.45) is 1.08. The van der Waals surface area contributed by atoms with Gasteiger partial charge in [0, 0.05) is 12.6 Å². The van der Waals surface area contributed by atoms with Gasteiger partial charge >= 0.3 is 0 Å². The van der Waals surface area contributed by atoms with Gasteiger partial charge in [-0.1, -0.05) is 13.8 Å². The maximum Gasteiger partial charge on any atom is 0.261 e. The lowest BCUT2D eigenvalue weighted by Crippen LogP contribution is -2.40. The molecular formula is C14H23BrN2OS. The molecule has 0 saturated heterocycles. The van der Waals surface area contributed by atoms with Crippen molar-refractivity contribution in [3.8, 4) is 0 Å². The molecule has 108 valence electrons. The van der Waals surface area contributed by atoms with Gasteiger partial charge in [0.15, 0.2) is 0 Å². The Labute approximate surface area is 128 Å². The molecule has 1 amide bonds. The molecule has 0 aliphatic heterocycles. The van der Waals surface area contributed by atoms with Crippen LogP contribution in [0.25, 0.3) is 0 Å². The Bertz CT molecular complexity index is 410. The third-order valence-corrected chi connectivity index (χ3v) is 5.19. The van der Waals surface area contributed by atoms with Crippen LogP contribution in [0.5, 0.6) is 0 Å². The molecule has 1 rings (SSSR count). The first kappa shape index (κ1) is 16.7. The number of rotatable bonds is 6. The Hall–Kier alpha value is -0.390. The van der Waals surface area contributed by atoms with Crippen molar-refractivity contribution >= 4 is 33.2 Å². The van der Waals surface area contributed by atoms with E-state index in [1.807, 2.05) is 13.0 Å². The molecule has 0 spiro atoms. The van der Waals surface area contributed by atoms with Crippen LogP contribution >= 0.6 is 27.3 Å². The molecule has 1 heterocycles. The minimum Gasteiger partial charge on any atom is -0.350 e. The van der Waals surface area contributed by atoms with Gasteiger partial charge in [0.1, 0.15) is 0 Å². The first-order valence-corrected chi connectivity index (χ1v) is 8.12. The highest BCUT2D eigenvalue weighted by atomic mass is 79.9. The summed E-state index contributed by atoms with van der Waals surface area (Å²) >= 11 is 4.94. The number of nitrogens with one attached hydrogen (secondary N) is 1. The van der Waals surface area contributed by atoms with Crippen LogP contribution in [-0.2, 0) is 0 Å². The van der Waals surface area contributed by atoms with Crippen LogP contribution in [0.1, 0.15) is 35.5 Å². The largest absolute Gasteiger partial charge is 0.350 e. The van der Waals surface area contributed by atoms with Crippen molar-refractivity contribution in [3.05, 3.63) is 20.3 Å². The smallest absolute Gasteiger partial charge is 0.261 e. The van der Waals surface area contributed by atoms with Gasteiger partial charge in [0.25, 0.3) is 5.91 Å². The zero-order chi connectivity index (χ0) is 14.6. The molecule has 0 aliphatic carbocycles. The highest BCUT2D eigenvalue weighted by molar-refractivity contribution is 9.11. The highest BCUT2D eigenvalue weighted by Crippen LogP contribution is 2.27. The fourth-order valence-corrected chi connectivity index (χ4v) is 3.34. The summed E-state index contributed by atoms with van der Waals surface area (Å²) in [5.74, 6) is 0.650. The first-order chi connectivity index (χ1) is 8.81. The Morgan fingerprint density at radius 2 is 2.11 bits per heavy atom. The molecule has 5 heteroatoms. The van der Waals surface area contributed by atoms with E-state index in [4.69, 9.17) is 0 Å². The number of carbonyl (C=O) groups excluding carboxylic acids is 1. The van der Waals surface area contributed by atoms with Crippen molar-refractivity contribution in [3.63, 3.8) is 0 Å². The van der Waals surface area contributed by atoms with Gasteiger partial charge in [-0.25, -0.2) is 0 Å². The molecule has 1 unspecified atom stereocenters. The van der Waals surface area contributed by atoms with Gasteiger partial charge in [-0.3, -0.25) is 4.79 Å². The van der Waals surface area contributed by atoms with Gasteiger partial charge < -0.3 is 10.2 Å². The number of hydrogen-bond acceptors (Lipinski definition) is 3. The third kappa shape index (κ3) is 5.24. The summed E-state index contributed by atoms with van der Waals surface area (Å²) in [6, 6.07) is 2.31. The SMILES string of the molecule is Cc1cc(C(=O)NCC(CC(C)C)N(C)C)sc1Br. The Kier molecular flexibility index (Phi) is 6.50. The van der Waals surface area contributed by atoms with Crippen molar-refractivity contribution in [2.24, 2.45) is 5.92 Å². The fourth-order valence-electron chi connectivity index (χ4n) is 1.89. The molecule has 3 nitrogen and oxygen atoms in total. The molecule has 0 fully saturated rings. The van der Waals surface area contributed by atoms with Crippen molar-refractivity contribution < 1.29 is 4.79 Å². The second kappa shape index (κ2) is 7.41. The predicted octanol–water partition coefficient (Wildman–Crippen LogP) is 3.53. The van der Waals surface area contributed by atoms with E-state index in [1.165, 1.54) is 11.3 Å². The average molecular weight is 347 g/mol. The zero-order valence-corrected chi connectivity index (χ0v) is 14.7. The van der Waals surface area contributed by atoms with E-state index < -0.39 is 0 Å². The summed E-state index contributed by atoms with van der Waals surface area (Å²) in [6.45, 7) is 7.10. The Morgan fingerprint density at radius 1 is 1.47 bits per heavy atom. The molecule has 1 aromatic heterocycles. The van der Waals surface area contributed by atoms with E-state index in [-0.39, 0.29) is 5.91 Å². The number of carbonyl (C=O) groups is 1. The Morgan fingerprint density at radius 3 is 2.53 bits per heavy atom.